The number of hydrogen-bond acceptors (Lipinski definition) is 4. The van der Waals surface area contributed by atoms with Crippen LogP contribution >= 0.6 is 0 Å². The van der Waals surface area contributed by atoms with Crippen LogP contribution in [0.25, 0.3) is 0 Å². The van der Waals surface area contributed by atoms with E-state index in [-0.39, 0.29) is 29.9 Å². The first-order valence-electron chi connectivity index (χ1n) is 8.96. The third kappa shape index (κ3) is 6.62. The number of anilines is 1. The molecule has 0 aliphatic carbocycles. The van der Waals surface area contributed by atoms with Crippen LogP contribution in [0.1, 0.15) is 47.6 Å². The molecule has 27 heavy (non-hydrogen) atoms. The normalized spacial score (nSPS) is 10.5. The van der Waals surface area contributed by atoms with Gasteiger partial charge in [-0.15, -0.1) is 0 Å². The number of para-hydroxylation sites is 1. The molecule has 3 N–H and O–H groups in total. The van der Waals surface area contributed by atoms with Crippen molar-refractivity contribution >= 4 is 23.4 Å². The van der Waals surface area contributed by atoms with Crippen LogP contribution in [0, 0.1) is 5.92 Å². The van der Waals surface area contributed by atoms with Gasteiger partial charge in [0, 0.05) is 19.5 Å². The Morgan fingerprint density at radius 1 is 1.00 bits per heavy atom. The molecule has 3 amide bonds. The minimum absolute atomic E-state index is 0.216. The molecule has 2 rings (SSSR count). The molecule has 144 valence electrons. The van der Waals surface area contributed by atoms with Gasteiger partial charge in [-0.1, -0.05) is 26.0 Å². The first kappa shape index (κ1) is 20.2. The fraction of sp³-hybridized carbons (Fsp3) is 0.350. The molecule has 2 aromatic rings. The van der Waals surface area contributed by atoms with Crippen LogP contribution in [0.4, 0.5) is 5.69 Å². The zero-order chi connectivity index (χ0) is 19.6. The lowest BCUT2D eigenvalue weighted by atomic mass is 10.1. The summed E-state index contributed by atoms with van der Waals surface area (Å²) in [5.41, 5.74) is 0.904. The zero-order valence-corrected chi connectivity index (χ0v) is 15.6. The van der Waals surface area contributed by atoms with Gasteiger partial charge in [-0.2, -0.15) is 0 Å². The Labute approximate surface area is 158 Å². The van der Waals surface area contributed by atoms with E-state index < -0.39 is 0 Å². The van der Waals surface area contributed by atoms with Crippen molar-refractivity contribution in [3.63, 3.8) is 0 Å². The van der Waals surface area contributed by atoms with Gasteiger partial charge in [0.1, 0.15) is 0 Å². The van der Waals surface area contributed by atoms with Gasteiger partial charge in [-0.25, -0.2) is 0 Å². The van der Waals surface area contributed by atoms with Crippen molar-refractivity contribution in [3.8, 4) is 0 Å². The highest BCUT2D eigenvalue weighted by atomic mass is 16.3. The fourth-order valence-electron chi connectivity index (χ4n) is 2.34. The molecule has 0 atom stereocenters. The number of carbonyl (C=O) groups is 3. The Bertz CT molecular complexity index is 769. The average Bonchev–Trinajstić information content (AvgIpc) is 3.18. The molecule has 0 aliphatic rings. The maximum absolute atomic E-state index is 12.3. The molecule has 1 aromatic heterocycles. The third-order valence-electron chi connectivity index (χ3n) is 3.73. The largest absolute Gasteiger partial charge is 0.459 e. The predicted octanol–water partition coefficient (Wildman–Crippen LogP) is 2.81. The molecule has 0 spiro atoms. The lowest BCUT2D eigenvalue weighted by Gasteiger charge is -2.12. The molecule has 0 bridgehead atoms. The van der Waals surface area contributed by atoms with Crippen molar-refractivity contribution in [2.24, 2.45) is 5.92 Å². The molecular weight excluding hydrogens is 346 g/mol. The van der Waals surface area contributed by atoms with Crippen molar-refractivity contribution in [1.82, 2.24) is 10.6 Å². The van der Waals surface area contributed by atoms with Gasteiger partial charge in [-0.3, -0.25) is 14.4 Å². The lowest BCUT2D eigenvalue weighted by molar-refractivity contribution is -0.116. The van der Waals surface area contributed by atoms with E-state index in [0.717, 1.165) is 0 Å². The fourth-order valence-corrected chi connectivity index (χ4v) is 2.34. The minimum Gasteiger partial charge on any atom is -0.459 e. The van der Waals surface area contributed by atoms with Gasteiger partial charge in [0.05, 0.1) is 17.5 Å². The molecule has 1 aromatic carbocycles. The molecule has 7 nitrogen and oxygen atoms in total. The van der Waals surface area contributed by atoms with Crippen LogP contribution in [0.5, 0.6) is 0 Å². The Kier molecular flexibility index (Phi) is 7.61. The van der Waals surface area contributed by atoms with Gasteiger partial charge < -0.3 is 20.4 Å². The quantitative estimate of drug-likeness (QED) is 0.590. The van der Waals surface area contributed by atoms with E-state index >= 15 is 0 Å². The molecule has 0 fully saturated rings. The molecule has 7 heteroatoms. The molecule has 0 aliphatic heterocycles. The number of furan rings is 1. The van der Waals surface area contributed by atoms with Crippen molar-refractivity contribution in [2.45, 2.75) is 26.7 Å². The Morgan fingerprint density at radius 2 is 1.78 bits per heavy atom. The highest BCUT2D eigenvalue weighted by molar-refractivity contribution is 6.03. The topological polar surface area (TPSA) is 100 Å². The second kappa shape index (κ2) is 10.2. The van der Waals surface area contributed by atoms with Gasteiger partial charge in [0.15, 0.2) is 5.76 Å². The smallest absolute Gasteiger partial charge is 0.286 e. The maximum Gasteiger partial charge on any atom is 0.286 e. The second-order valence-electron chi connectivity index (χ2n) is 6.53. The van der Waals surface area contributed by atoms with Crippen LogP contribution in [-0.2, 0) is 4.79 Å². The zero-order valence-electron chi connectivity index (χ0n) is 15.6. The highest BCUT2D eigenvalue weighted by Gasteiger charge is 2.13. The highest BCUT2D eigenvalue weighted by Crippen LogP contribution is 2.15. The van der Waals surface area contributed by atoms with Crippen molar-refractivity contribution in [1.29, 1.82) is 0 Å². The van der Waals surface area contributed by atoms with Crippen LogP contribution in [0.3, 0.4) is 0 Å². The second-order valence-corrected chi connectivity index (χ2v) is 6.53. The Morgan fingerprint density at radius 3 is 2.48 bits per heavy atom. The molecule has 1 heterocycles. The van der Waals surface area contributed by atoms with Crippen molar-refractivity contribution < 1.29 is 18.8 Å². The number of rotatable bonds is 9. The number of amides is 3. The summed E-state index contributed by atoms with van der Waals surface area (Å²) in [7, 11) is 0. The first-order valence-corrected chi connectivity index (χ1v) is 8.96. The number of nitrogens with one attached hydrogen (secondary N) is 3. The van der Waals surface area contributed by atoms with Crippen molar-refractivity contribution in [3.05, 3.63) is 54.0 Å². The summed E-state index contributed by atoms with van der Waals surface area (Å²) in [6.07, 6.45) is 2.12. The van der Waals surface area contributed by atoms with E-state index in [9.17, 15) is 14.4 Å². The van der Waals surface area contributed by atoms with Gasteiger partial charge in [-0.05, 0) is 36.6 Å². The summed E-state index contributed by atoms with van der Waals surface area (Å²) >= 11 is 0. The van der Waals surface area contributed by atoms with Gasteiger partial charge in [0.25, 0.3) is 11.8 Å². The third-order valence-corrected chi connectivity index (χ3v) is 3.73. The van der Waals surface area contributed by atoms with E-state index in [1.165, 1.54) is 6.26 Å². The lowest BCUT2D eigenvalue weighted by Crippen LogP contribution is -2.28. The molecule has 0 saturated carbocycles. The predicted molar refractivity (Wildman–Crippen MR) is 103 cm³/mol. The first-order chi connectivity index (χ1) is 13.0. The number of carbonyl (C=O) groups excluding carboxylic acids is 3. The minimum atomic E-state index is -0.312. The number of hydrogen-bond donors (Lipinski definition) is 3. The van der Waals surface area contributed by atoms with E-state index in [2.05, 4.69) is 16.0 Å². The maximum atomic E-state index is 12.3. The standard InChI is InChI=1S/C20H25N3O4/c1-14(2)13-22-19(25)15-7-3-4-8-16(15)23-18(24)10-5-11-21-20(26)17-9-6-12-27-17/h3-4,6-9,12,14H,5,10-11,13H2,1-2H3,(H,21,26)(H,22,25)(H,23,24). The Balaban J connectivity index is 1.80. The summed E-state index contributed by atoms with van der Waals surface area (Å²) in [5, 5.41) is 8.29. The van der Waals surface area contributed by atoms with Crippen LogP contribution in [0.2, 0.25) is 0 Å². The number of benzene rings is 1. The van der Waals surface area contributed by atoms with E-state index in [1.807, 2.05) is 13.8 Å². The van der Waals surface area contributed by atoms with Crippen LogP contribution < -0.4 is 16.0 Å². The monoisotopic (exact) mass is 371 g/mol. The molecule has 0 unspecified atom stereocenters. The van der Waals surface area contributed by atoms with E-state index in [1.54, 1.807) is 36.4 Å². The summed E-state index contributed by atoms with van der Waals surface area (Å²) in [5.74, 6) is -0.169. The Hall–Kier alpha value is -3.09. The summed E-state index contributed by atoms with van der Waals surface area (Å²) in [4.78, 5) is 36.2. The SMILES string of the molecule is CC(C)CNC(=O)c1ccccc1NC(=O)CCCNC(=O)c1ccco1. The van der Waals surface area contributed by atoms with Gasteiger partial charge >= 0.3 is 0 Å². The summed E-state index contributed by atoms with van der Waals surface area (Å²) in [6.45, 7) is 4.94. The van der Waals surface area contributed by atoms with Crippen LogP contribution in [-0.4, -0.2) is 30.8 Å². The van der Waals surface area contributed by atoms with Crippen molar-refractivity contribution in [2.75, 3.05) is 18.4 Å². The summed E-state index contributed by atoms with van der Waals surface area (Å²) in [6, 6.07) is 10.1. The van der Waals surface area contributed by atoms with Gasteiger partial charge in [0.2, 0.25) is 5.91 Å². The summed E-state index contributed by atoms with van der Waals surface area (Å²) < 4.78 is 4.99. The molecule has 0 saturated heterocycles. The van der Waals surface area contributed by atoms with E-state index in [4.69, 9.17) is 4.42 Å². The average molecular weight is 371 g/mol. The molecular formula is C20H25N3O4. The molecule has 0 radical (unpaired) electrons. The van der Waals surface area contributed by atoms with E-state index in [0.29, 0.717) is 36.7 Å². The van der Waals surface area contributed by atoms with Crippen LogP contribution in [0.15, 0.2) is 47.1 Å².